The quantitative estimate of drug-likeness (QED) is 0.612. The van der Waals surface area contributed by atoms with Gasteiger partial charge in [-0.1, -0.05) is 13.0 Å². The van der Waals surface area contributed by atoms with Crippen LogP contribution in [0.4, 0.5) is 10.1 Å². The molecule has 1 aliphatic rings. The smallest absolute Gasteiger partial charge is 0.272 e. The molecule has 0 atom stereocenters. The van der Waals surface area contributed by atoms with Crippen LogP contribution >= 0.6 is 0 Å². The number of nitrogens with zero attached hydrogens (tertiary/aromatic N) is 2. The molecule has 18 heavy (non-hydrogen) atoms. The summed E-state index contributed by atoms with van der Waals surface area (Å²) in [6.45, 7) is 4.78. The molecule has 0 unspecified atom stereocenters. The summed E-state index contributed by atoms with van der Waals surface area (Å²) in [5, 5.41) is 10.5. The Morgan fingerprint density at radius 2 is 2.28 bits per heavy atom. The molecule has 0 saturated carbocycles. The molecule has 0 aromatic heterocycles. The van der Waals surface area contributed by atoms with Crippen LogP contribution in [0.2, 0.25) is 0 Å². The second-order valence-electron chi connectivity index (χ2n) is 4.29. The van der Waals surface area contributed by atoms with E-state index >= 15 is 0 Å². The summed E-state index contributed by atoms with van der Waals surface area (Å²) in [4.78, 5) is 12.2. The van der Waals surface area contributed by atoms with Crippen molar-refractivity contribution in [2.24, 2.45) is 0 Å². The van der Waals surface area contributed by atoms with Crippen molar-refractivity contribution >= 4 is 11.3 Å². The summed E-state index contributed by atoms with van der Waals surface area (Å²) in [6, 6.07) is 3.84. The van der Waals surface area contributed by atoms with Crippen LogP contribution < -0.4 is 0 Å². The summed E-state index contributed by atoms with van der Waals surface area (Å²) < 4.78 is 13.8. The Morgan fingerprint density at radius 3 is 2.78 bits per heavy atom. The summed E-state index contributed by atoms with van der Waals surface area (Å²) in [5.74, 6) is -0.514. The van der Waals surface area contributed by atoms with Gasteiger partial charge in [-0.15, -0.1) is 0 Å². The molecule has 0 saturated heterocycles. The second kappa shape index (κ2) is 5.27. The third-order valence-electron chi connectivity index (χ3n) is 3.25. The number of non-ortho nitro benzene ring substituents is 1. The van der Waals surface area contributed by atoms with Crippen LogP contribution in [-0.2, 0) is 0 Å². The van der Waals surface area contributed by atoms with E-state index in [0.29, 0.717) is 5.56 Å². The number of hydrogen-bond donors (Lipinski definition) is 0. The van der Waals surface area contributed by atoms with Crippen molar-refractivity contribution in [2.75, 3.05) is 19.6 Å². The minimum atomic E-state index is -0.582. The Morgan fingerprint density at radius 1 is 1.50 bits per heavy atom. The van der Waals surface area contributed by atoms with Crippen LogP contribution in [0.25, 0.3) is 5.57 Å². The van der Waals surface area contributed by atoms with Gasteiger partial charge in [-0.25, -0.2) is 4.39 Å². The topological polar surface area (TPSA) is 46.4 Å². The first-order valence-corrected chi connectivity index (χ1v) is 5.97. The Labute approximate surface area is 105 Å². The van der Waals surface area contributed by atoms with Gasteiger partial charge in [0.25, 0.3) is 5.69 Å². The molecule has 0 fully saturated rings. The van der Waals surface area contributed by atoms with Crippen molar-refractivity contribution in [2.45, 2.75) is 13.3 Å². The van der Waals surface area contributed by atoms with Gasteiger partial charge in [-0.05, 0) is 24.6 Å². The average Bonchev–Trinajstić information content (AvgIpc) is 2.38. The van der Waals surface area contributed by atoms with Crippen LogP contribution in [0.15, 0.2) is 24.3 Å². The standard InChI is InChI=1S/C13H15FN2O2/c1-2-15-7-5-10(6-8-15)12-4-3-11(16(17)18)9-13(12)14/h3-5,9H,2,6-8H2,1H3. The van der Waals surface area contributed by atoms with Crippen molar-refractivity contribution in [1.29, 1.82) is 0 Å². The van der Waals surface area contributed by atoms with Gasteiger partial charge >= 0.3 is 0 Å². The van der Waals surface area contributed by atoms with E-state index in [0.717, 1.165) is 37.7 Å². The fourth-order valence-corrected chi connectivity index (χ4v) is 2.12. The predicted molar refractivity (Wildman–Crippen MR) is 67.8 cm³/mol. The van der Waals surface area contributed by atoms with Crippen LogP contribution in [0.1, 0.15) is 18.9 Å². The summed E-state index contributed by atoms with van der Waals surface area (Å²) in [7, 11) is 0. The molecule has 5 heteroatoms. The molecule has 1 aromatic rings. The third-order valence-corrected chi connectivity index (χ3v) is 3.25. The molecule has 0 bridgehead atoms. The zero-order valence-corrected chi connectivity index (χ0v) is 10.2. The minimum absolute atomic E-state index is 0.206. The molecule has 96 valence electrons. The lowest BCUT2D eigenvalue weighted by Crippen LogP contribution is -2.28. The maximum atomic E-state index is 13.8. The number of nitro benzene ring substituents is 1. The third kappa shape index (κ3) is 2.56. The molecular weight excluding hydrogens is 235 g/mol. The lowest BCUT2D eigenvalue weighted by molar-refractivity contribution is -0.385. The lowest BCUT2D eigenvalue weighted by Gasteiger charge is -2.25. The second-order valence-corrected chi connectivity index (χ2v) is 4.29. The summed E-state index contributed by atoms with van der Waals surface area (Å²) >= 11 is 0. The molecule has 1 aromatic carbocycles. The number of benzene rings is 1. The molecule has 0 spiro atoms. The van der Waals surface area contributed by atoms with Gasteiger partial charge < -0.3 is 0 Å². The molecule has 2 rings (SSSR count). The first kappa shape index (κ1) is 12.7. The van der Waals surface area contributed by atoms with Gasteiger partial charge in [-0.3, -0.25) is 15.0 Å². The highest BCUT2D eigenvalue weighted by Crippen LogP contribution is 2.27. The molecule has 0 radical (unpaired) electrons. The van der Waals surface area contributed by atoms with E-state index < -0.39 is 10.7 Å². The van der Waals surface area contributed by atoms with E-state index in [-0.39, 0.29) is 5.69 Å². The Hall–Kier alpha value is -1.75. The molecule has 1 heterocycles. The van der Waals surface area contributed by atoms with Crippen molar-refractivity contribution in [1.82, 2.24) is 4.90 Å². The predicted octanol–water partition coefficient (Wildman–Crippen LogP) is 2.84. The monoisotopic (exact) mass is 250 g/mol. The Balaban J connectivity index is 2.24. The normalized spacial score (nSPS) is 16.4. The fourth-order valence-electron chi connectivity index (χ4n) is 2.12. The van der Waals surface area contributed by atoms with Crippen molar-refractivity contribution in [3.8, 4) is 0 Å². The molecular formula is C13H15FN2O2. The molecule has 0 aliphatic carbocycles. The van der Waals surface area contributed by atoms with Gasteiger partial charge in [0, 0.05) is 24.7 Å². The first-order chi connectivity index (χ1) is 8.61. The highest BCUT2D eigenvalue weighted by atomic mass is 19.1. The number of likely N-dealkylation sites (N-methyl/N-ethyl adjacent to an activating group) is 1. The van der Waals surface area contributed by atoms with Crippen molar-refractivity contribution < 1.29 is 9.31 Å². The van der Waals surface area contributed by atoms with Crippen LogP contribution in [-0.4, -0.2) is 29.5 Å². The van der Waals surface area contributed by atoms with E-state index in [9.17, 15) is 14.5 Å². The maximum Gasteiger partial charge on any atom is 0.272 e. The fraction of sp³-hybridized carbons (Fsp3) is 0.385. The van der Waals surface area contributed by atoms with Crippen LogP contribution in [0.5, 0.6) is 0 Å². The van der Waals surface area contributed by atoms with Gasteiger partial charge in [0.2, 0.25) is 0 Å². The van der Waals surface area contributed by atoms with E-state index in [1.807, 2.05) is 6.08 Å². The summed E-state index contributed by atoms with van der Waals surface area (Å²) in [6.07, 6.45) is 2.78. The van der Waals surface area contributed by atoms with Crippen molar-refractivity contribution in [3.63, 3.8) is 0 Å². The van der Waals surface area contributed by atoms with Gasteiger partial charge in [0.15, 0.2) is 0 Å². The zero-order chi connectivity index (χ0) is 13.1. The number of halogens is 1. The van der Waals surface area contributed by atoms with E-state index in [1.165, 1.54) is 12.1 Å². The average molecular weight is 250 g/mol. The van der Waals surface area contributed by atoms with E-state index in [4.69, 9.17) is 0 Å². The Bertz CT molecular complexity index is 500. The lowest BCUT2D eigenvalue weighted by atomic mass is 9.98. The van der Waals surface area contributed by atoms with Crippen LogP contribution in [0, 0.1) is 15.9 Å². The highest BCUT2D eigenvalue weighted by molar-refractivity contribution is 5.68. The van der Waals surface area contributed by atoms with Gasteiger partial charge in [0.1, 0.15) is 5.82 Å². The Kier molecular flexibility index (Phi) is 3.72. The first-order valence-electron chi connectivity index (χ1n) is 5.97. The molecule has 1 aliphatic heterocycles. The van der Waals surface area contributed by atoms with Crippen molar-refractivity contribution in [3.05, 3.63) is 45.8 Å². The number of nitro groups is 1. The number of rotatable bonds is 3. The van der Waals surface area contributed by atoms with E-state index in [2.05, 4.69) is 11.8 Å². The maximum absolute atomic E-state index is 13.8. The van der Waals surface area contributed by atoms with Crippen LogP contribution in [0.3, 0.4) is 0 Å². The molecule has 0 N–H and O–H groups in total. The zero-order valence-electron chi connectivity index (χ0n) is 10.2. The molecule has 4 nitrogen and oxygen atoms in total. The van der Waals surface area contributed by atoms with Gasteiger partial charge in [0.05, 0.1) is 11.0 Å². The van der Waals surface area contributed by atoms with E-state index in [1.54, 1.807) is 0 Å². The summed E-state index contributed by atoms with van der Waals surface area (Å²) in [5.41, 5.74) is 1.21. The minimum Gasteiger partial charge on any atom is -0.300 e. The molecule has 0 amide bonds. The SMILES string of the molecule is CCN1CC=C(c2ccc([N+](=O)[O-])cc2F)CC1. The highest BCUT2D eigenvalue weighted by Gasteiger charge is 2.16. The number of hydrogen-bond acceptors (Lipinski definition) is 3. The largest absolute Gasteiger partial charge is 0.300 e. The van der Waals surface area contributed by atoms with Gasteiger partial charge in [-0.2, -0.15) is 0 Å².